The second kappa shape index (κ2) is 7.34. The second-order valence-corrected chi connectivity index (χ2v) is 6.33. The molecule has 2 aliphatic rings. The number of likely N-dealkylation sites (tertiary alicyclic amines) is 1. The van der Waals surface area contributed by atoms with Crippen LogP contribution in [0.1, 0.15) is 37.9 Å². The zero-order valence-electron chi connectivity index (χ0n) is 13.2. The third-order valence-electron chi connectivity index (χ3n) is 4.88. The molecule has 2 saturated heterocycles. The third-order valence-corrected chi connectivity index (χ3v) is 4.88. The summed E-state index contributed by atoms with van der Waals surface area (Å²) in [5, 5.41) is 3.62. The van der Waals surface area contributed by atoms with Crippen molar-refractivity contribution in [3.05, 3.63) is 30.1 Å². The minimum atomic E-state index is 0.445. The number of hydrogen-bond donors (Lipinski definition) is 1. The summed E-state index contributed by atoms with van der Waals surface area (Å²) in [7, 11) is 0. The van der Waals surface area contributed by atoms with Gasteiger partial charge in [-0.1, -0.05) is 13.0 Å². The van der Waals surface area contributed by atoms with Gasteiger partial charge in [0.25, 0.3) is 0 Å². The van der Waals surface area contributed by atoms with E-state index >= 15 is 0 Å². The van der Waals surface area contributed by atoms with E-state index in [0.717, 1.165) is 26.2 Å². The zero-order valence-corrected chi connectivity index (χ0v) is 13.2. The van der Waals surface area contributed by atoms with E-state index in [9.17, 15) is 0 Å². The first kappa shape index (κ1) is 14.9. The molecule has 0 spiro atoms. The van der Waals surface area contributed by atoms with E-state index in [1.807, 2.05) is 12.3 Å². The Labute approximate surface area is 128 Å². The fourth-order valence-electron chi connectivity index (χ4n) is 3.59. The van der Waals surface area contributed by atoms with Crippen LogP contribution in [-0.4, -0.2) is 60.1 Å². The van der Waals surface area contributed by atoms with Gasteiger partial charge in [0, 0.05) is 38.4 Å². The molecule has 0 amide bonds. The Kier molecular flexibility index (Phi) is 5.22. The van der Waals surface area contributed by atoms with E-state index in [1.54, 1.807) is 0 Å². The SMILES string of the molecule is CCC1CN(C(CN2CCCC2)c2ccccn2)CCN1. The fraction of sp³-hybridized carbons (Fsp3) is 0.706. The molecule has 2 aliphatic heterocycles. The molecule has 0 saturated carbocycles. The van der Waals surface area contributed by atoms with Crippen LogP contribution < -0.4 is 5.32 Å². The van der Waals surface area contributed by atoms with Gasteiger partial charge in [-0.15, -0.1) is 0 Å². The molecular weight excluding hydrogens is 260 g/mol. The lowest BCUT2D eigenvalue weighted by molar-refractivity contribution is 0.110. The molecule has 4 nitrogen and oxygen atoms in total. The monoisotopic (exact) mass is 288 g/mol. The summed E-state index contributed by atoms with van der Waals surface area (Å²) in [6, 6.07) is 7.41. The first-order chi connectivity index (χ1) is 10.4. The van der Waals surface area contributed by atoms with Crippen molar-refractivity contribution in [1.29, 1.82) is 0 Å². The fourth-order valence-corrected chi connectivity index (χ4v) is 3.59. The molecule has 3 heterocycles. The van der Waals surface area contributed by atoms with E-state index in [1.165, 1.54) is 38.0 Å². The normalized spacial score (nSPS) is 26.0. The van der Waals surface area contributed by atoms with Crippen LogP contribution in [0.3, 0.4) is 0 Å². The maximum Gasteiger partial charge on any atom is 0.0650 e. The van der Waals surface area contributed by atoms with Crippen LogP contribution in [0, 0.1) is 0 Å². The van der Waals surface area contributed by atoms with Gasteiger partial charge in [-0.2, -0.15) is 0 Å². The topological polar surface area (TPSA) is 31.4 Å². The molecule has 4 heteroatoms. The number of hydrogen-bond acceptors (Lipinski definition) is 4. The molecule has 2 atom stereocenters. The Bertz CT molecular complexity index is 416. The molecule has 0 aromatic carbocycles. The molecule has 21 heavy (non-hydrogen) atoms. The quantitative estimate of drug-likeness (QED) is 0.897. The molecular formula is C17H28N4. The van der Waals surface area contributed by atoms with Crippen molar-refractivity contribution >= 4 is 0 Å². The highest BCUT2D eigenvalue weighted by molar-refractivity contribution is 5.10. The van der Waals surface area contributed by atoms with E-state index in [4.69, 9.17) is 0 Å². The Balaban J connectivity index is 1.74. The van der Waals surface area contributed by atoms with Gasteiger partial charge in [0.1, 0.15) is 0 Å². The third kappa shape index (κ3) is 3.82. The van der Waals surface area contributed by atoms with Gasteiger partial charge in [0.15, 0.2) is 0 Å². The average Bonchev–Trinajstić information content (AvgIpc) is 3.07. The molecule has 2 unspecified atom stereocenters. The summed E-state index contributed by atoms with van der Waals surface area (Å²) in [6.07, 6.45) is 5.85. The highest BCUT2D eigenvalue weighted by Crippen LogP contribution is 2.23. The number of nitrogens with one attached hydrogen (secondary N) is 1. The number of aromatic nitrogens is 1. The summed E-state index contributed by atoms with van der Waals surface area (Å²) in [4.78, 5) is 9.92. The van der Waals surface area contributed by atoms with Gasteiger partial charge in [0.05, 0.1) is 11.7 Å². The predicted octanol–water partition coefficient (Wildman–Crippen LogP) is 1.90. The van der Waals surface area contributed by atoms with Gasteiger partial charge in [-0.3, -0.25) is 9.88 Å². The van der Waals surface area contributed by atoms with Gasteiger partial charge in [0.2, 0.25) is 0 Å². The Morgan fingerprint density at radius 3 is 2.86 bits per heavy atom. The number of nitrogens with zero attached hydrogens (tertiary/aromatic N) is 3. The van der Waals surface area contributed by atoms with Crippen LogP contribution in [0.2, 0.25) is 0 Å². The van der Waals surface area contributed by atoms with Gasteiger partial charge < -0.3 is 10.2 Å². The predicted molar refractivity (Wildman–Crippen MR) is 86.3 cm³/mol. The summed E-state index contributed by atoms with van der Waals surface area (Å²) in [6.45, 7) is 9.29. The van der Waals surface area contributed by atoms with Gasteiger partial charge >= 0.3 is 0 Å². The van der Waals surface area contributed by atoms with Gasteiger partial charge in [-0.05, 0) is 44.5 Å². The molecule has 2 fully saturated rings. The first-order valence-corrected chi connectivity index (χ1v) is 8.47. The van der Waals surface area contributed by atoms with Crippen LogP contribution in [0.5, 0.6) is 0 Å². The van der Waals surface area contributed by atoms with E-state index < -0.39 is 0 Å². The Morgan fingerprint density at radius 1 is 1.29 bits per heavy atom. The zero-order chi connectivity index (χ0) is 14.5. The summed E-state index contributed by atoms with van der Waals surface area (Å²) in [5.41, 5.74) is 1.24. The minimum absolute atomic E-state index is 0.445. The van der Waals surface area contributed by atoms with Gasteiger partial charge in [-0.25, -0.2) is 0 Å². The van der Waals surface area contributed by atoms with E-state index in [2.05, 4.69) is 39.2 Å². The van der Waals surface area contributed by atoms with Crippen LogP contribution >= 0.6 is 0 Å². The van der Waals surface area contributed by atoms with Crippen molar-refractivity contribution in [1.82, 2.24) is 20.1 Å². The highest BCUT2D eigenvalue weighted by Gasteiger charge is 2.28. The smallest absolute Gasteiger partial charge is 0.0650 e. The largest absolute Gasteiger partial charge is 0.311 e. The Morgan fingerprint density at radius 2 is 2.14 bits per heavy atom. The van der Waals surface area contributed by atoms with Crippen molar-refractivity contribution < 1.29 is 0 Å². The van der Waals surface area contributed by atoms with Crippen LogP contribution in [0.4, 0.5) is 0 Å². The van der Waals surface area contributed by atoms with Crippen LogP contribution in [-0.2, 0) is 0 Å². The molecule has 1 aromatic heterocycles. The maximum absolute atomic E-state index is 4.66. The number of rotatable bonds is 5. The van der Waals surface area contributed by atoms with E-state index in [0.29, 0.717) is 12.1 Å². The number of pyridine rings is 1. The summed E-state index contributed by atoms with van der Waals surface area (Å²) in [5.74, 6) is 0. The number of piperazine rings is 1. The Hall–Kier alpha value is -0.970. The standard InChI is InChI=1S/C17H28N4/c1-2-15-13-21(12-9-18-15)17(14-20-10-5-6-11-20)16-7-3-4-8-19-16/h3-4,7-8,15,17-18H,2,5-6,9-14H2,1H3. The molecule has 0 bridgehead atoms. The van der Waals surface area contributed by atoms with Crippen molar-refractivity contribution in [2.75, 3.05) is 39.3 Å². The van der Waals surface area contributed by atoms with Crippen LogP contribution in [0.25, 0.3) is 0 Å². The van der Waals surface area contributed by atoms with Crippen LogP contribution in [0.15, 0.2) is 24.4 Å². The second-order valence-electron chi connectivity index (χ2n) is 6.33. The first-order valence-electron chi connectivity index (χ1n) is 8.47. The lowest BCUT2D eigenvalue weighted by atomic mass is 10.1. The van der Waals surface area contributed by atoms with Crippen molar-refractivity contribution in [2.24, 2.45) is 0 Å². The molecule has 0 aliphatic carbocycles. The minimum Gasteiger partial charge on any atom is -0.311 e. The lowest BCUT2D eigenvalue weighted by Crippen LogP contribution is -2.53. The summed E-state index contributed by atoms with van der Waals surface area (Å²) >= 11 is 0. The molecule has 116 valence electrons. The molecule has 3 rings (SSSR count). The maximum atomic E-state index is 4.66. The van der Waals surface area contributed by atoms with E-state index in [-0.39, 0.29) is 0 Å². The highest BCUT2D eigenvalue weighted by atomic mass is 15.3. The molecule has 0 radical (unpaired) electrons. The molecule has 1 N–H and O–H groups in total. The average molecular weight is 288 g/mol. The van der Waals surface area contributed by atoms with Crippen molar-refractivity contribution in [3.63, 3.8) is 0 Å². The molecule has 1 aromatic rings. The lowest BCUT2D eigenvalue weighted by Gasteiger charge is -2.39. The van der Waals surface area contributed by atoms with Crippen molar-refractivity contribution in [3.8, 4) is 0 Å². The summed E-state index contributed by atoms with van der Waals surface area (Å²) < 4.78 is 0. The van der Waals surface area contributed by atoms with Crippen molar-refractivity contribution in [2.45, 2.75) is 38.3 Å².